The van der Waals surface area contributed by atoms with Crippen molar-refractivity contribution in [3.05, 3.63) is 48.3 Å². The van der Waals surface area contributed by atoms with Crippen LogP contribution in [-0.2, 0) is 21.3 Å². The topological polar surface area (TPSA) is 102 Å². The first-order valence-corrected chi connectivity index (χ1v) is 9.96. The van der Waals surface area contributed by atoms with E-state index in [4.69, 9.17) is 4.74 Å². The molecule has 0 bridgehead atoms. The molecule has 3 rings (SSSR count). The Bertz CT molecular complexity index is 830. The maximum absolute atomic E-state index is 12.4. The summed E-state index contributed by atoms with van der Waals surface area (Å²) in [4.78, 5) is 12.3. The summed E-state index contributed by atoms with van der Waals surface area (Å²) < 4.78 is 34.4. The van der Waals surface area contributed by atoms with Crippen LogP contribution in [0.2, 0.25) is 0 Å². The highest BCUT2D eigenvalue weighted by molar-refractivity contribution is 7.89. The molecule has 2 heterocycles. The Kier molecular flexibility index (Phi) is 6.02. The van der Waals surface area contributed by atoms with Gasteiger partial charge in [-0.15, -0.1) is 0 Å². The van der Waals surface area contributed by atoms with Crippen LogP contribution in [0.4, 0.5) is 0 Å². The lowest BCUT2D eigenvalue weighted by atomic mass is 10.1. The van der Waals surface area contributed by atoms with Crippen LogP contribution in [0.1, 0.15) is 16.8 Å². The van der Waals surface area contributed by atoms with Gasteiger partial charge in [0.1, 0.15) is 0 Å². The summed E-state index contributed by atoms with van der Waals surface area (Å²) in [7, 11) is -3.66. The molecule has 9 heteroatoms. The molecule has 8 nitrogen and oxygen atoms in total. The maximum atomic E-state index is 12.4. The lowest BCUT2D eigenvalue weighted by Gasteiger charge is -2.11. The van der Waals surface area contributed by atoms with Crippen LogP contribution in [0.3, 0.4) is 0 Å². The number of nitrogens with zero attached hydrogens (tertiary/aromatic N) is 2. The third kappa shape index (κ3) is 4.90. The van der Waals surface area contributed by atoms with Crippen molar-refractivity contribution in [1.82, 2.24) is 19.8 Å². The Hall–Kier alpha value is -2.23. The minimum atomic E-state index is -3.66. The summed E-state index contributed by atoms with van der Waals surface area (Å²) in [6.45, 7) is 2.52. The zero-order valence-electron chi connectivity index (χ0n) is 14.3. The molecule has 1 amide bonds. The molecule has 1 aliphatic rings. The predicted molar refractivity (Wildman–Crippen MR) is 95.1 cm³/mol. The van der Waals surface area contributed by atoms with Crippen molar-refractivity contribution in [2.24, 2.45) is 5.92 Å². The van der Waals surface area contributed by atoms with Crippen molar-refractivity contribution in [3.63, 3.8) is 0 Å². The van der Waals surface area contributed by atoms with Gasteiger partial charge in [-0.3, -0.25) is 9.48 Å². The third-order valence-electron chi connectivity index (χ3n) is 4.18. The van der Waals surface area contributed by atoms with Gasteiger partial charge in [-0.1, -0.05) is 6.07 Å². The molecule has 1 atom stereocenters. The van der Waals surface area contributed by atoms with Crippen molar-refractivity contribution in [2.75, 3.05) is 26.3 Å². The van der Waals surface area contributed by atoms with Crippen molar-refractivity contribution >= 4 is 15.9 Å². The number of hydrogen-bond donors (Lipinski definition) is 2. The molecule has 26 heavy (non-hydrogen) atoms. The molecule has 0 unspecified atom stereocenters. The van der Waals surface area contributed by atoms with E-state index in [1.807, 2.05) is 0 Å². The highest BCUT2D eigenvalue weighted by atomic mass is 32.2. The van der Waals surface area contributed by atoms with E-state index in [2.05, 4.69) is 15.1 Å². The van der Waals surface area contributed by atoms with Gasteiger partial charge in [0.25, 0.3) is 5.91 Å². The summed E-state index contributed by atoms with van der Waals surface area (Å²) in [6.07, 6.45) is 4.32. The summed E-state index contributed by atoms with van der Waals surface area (Å²) in [6, 6.07) is 7.83. The molecule has 1 fully saturated rings. The fourth-order valence-corrected chi connectivity index (χ4v) is 3.84. The fraction of sp³-hybridized carbons (Fsp3) is 0.412. The van der Waals surface area contributed by atoms with E-state index in [9.17, 15) is 13.2 Å². The Morgan fingerprint density at radius 3 is 2.96 bits per heavy atom. The first-order chi connectivity index (χ1) is 12.5. The molecule has 1 aromatic heterocycles. The number of carbonyl (C=O) groups is 1. The number of amides is 1. The Labute approximate surface area is 152 Å². The fourth-order valence-electron chi connectivity index (χ4n) is 2.68. The second kappa shape index (κ2) is 8.43. The van der Waals surface area contributed by atoms with Crippen molar-refractivity contribution < 1.29 is 17.9 Å². The van der Waals surface area contributed by atoms with Crippen LogP contribution >= 0.6 is 0 Å². The molecule has 2 aromatic rings. The Balaban J connectivity index is 1.58. The second-order valence-electron chi connectivity index (χ2n) is 6.13. The van der Waals surface area contributed by atoms with E-state index in [0.29, 0.717) is 38.4 Å². The average Bonchev–Trinajstić information content (AvgIpc) is 3.34. The molecule has 1 aliphatic heterocycles. The van der Waals surface area contributed by atoms with Crippen LogP contribution in [0, 0.1) is 5.92 Å². The van der Waals surface area contributed by atoms with Gasteiger partial charge < -0.3 is 10.1 Å². The minimum absolute atomic E-state index is 0.0798. The van der Waals surface area contributed by atoms with Crippen LogP contribution in [0.5, 0.6) is 0 Å². The number of aromatic nitrogens is 2. The van der Waals surface area contributed by atoms with E-state index >= 15 is 0 Å². The zero-order chi connectivity index (χ0) is 18.4. The highest BCUT2D eigenvalue weighted by Crippen LogP contribution is 2.15. The lowest BCUT2D eigenvalue weighted by molar-refractivity contribution is 0.0951. The predicted octanol–water partition coefficient (Wildman–Crippen LogP) is 0.628. The first-order valence-electron chi connectivity index (χ1n) is 8.48. The average molecular weight is 378 g/mol. The normalized spacial score (nSPS) is 17.3. The van der Waals surface area contributed by atoms with Gasteiger partial charge in [0.15, 0.2) is 0 Å². The lowest BCUT2D eigenvalue weighted by Crippen LogP contribution is -2.30. The van der Waals surface area contributed by atoms with Crippen molar-refractivity contribution in [2.45, 2.75) is 17.9 Å². The molecule has 0 aliphatic carbocycles. The monoisotopic (exact) mass is 378 g/mol. The molecule has 0 spiro atoms. The minimum Gasteiger partial charge on any atom is -0.381 e. The number of ether oxygens (including phenoxy) is 1. The van der Waals surface area contributed by atoms with Crippen LogP contribution in [0.25, 0.3) is 0 Å². The van der Waals surface area contributed by atoms with E-state index < -0.39 is 10.0 Å². The number of hydrogen-bond acceptors (Lipinski definition) is 5. The molecule has 0 radical (unpaired) electrons. The van der Waals surface area contributed by atoms with Gasteiger partial charge in [-0.25, -0.2) is 13.1 Å². The number of sulfonamides is 1. The van der Waals surface area contributed by atoms with Crippen LogP contribution < -0.4 is 10.0 Å². The molecule has 1 saturated heterocycles. The van der Waals surface area contributed by atoms with E-state index in [-0.39, 0.29) is 16.7 Å². The van der Waals surface area contributed by atoms with Crippen molar-refractivity contribution in [3.8, 4) is 0 Å². The largest absolute Gasteiger partial charge is 0.381 e. The first kappa shape index (κ1) is 18.6. The van der Waals surface area contributed by atoms with E-state index in [1.165, 1.54) is 12.1 Å². The third-order valence-corrected chi connectivity index (χ3v) is 5.60. The van der Waals surface area contributed by atoms with Gasteiger partial charge in [0.2, 0.25) is 10.0 Å². The maximum Gasteiger partial charge on any atom is 0.251 e. The van der Waals surface area contributed by atoms with Crippen LogP contribution in [0.15, 0.2) is 47.6 Å². The second-order valence-corrected chi connectivity index (χ2v) is 7.90. The van der Waals surface area contributed by atoms with E-state index in [1.54, 1.807) is 35.3 Å². The summed E-state index contributed by atoms with van der Waals surface area (Å²) >= 11 is 0. The Morgan fingerprint density at radius 1 is 1.35 bits per heavy atom. The van der Waals surface area contributed by atoms with Crippen LogP contribution in [-0.4, -0.2) is 50.4 Å². The number of rotatable bonds is 8. The summed E-state index contributed by atoms with van der Waals surface area (Å²) in [5.41, 5.74) is 0.303. The van der Waals surface area contributed by atoms with Gasteiger partial charge >= 0.3 is 0 Å². The van der Waals surface area contributed by atoms with Gasteiger partial charge in [0, 0.05) is 37.7 Å². The molecule has 1 aromatic carbocycles. The standard InChI is InChI=1S/C17H22N4O4S/c22-17(18-7-9-21-8-2-6-19-21)15-3-1-4-16(11-15)26(23,24)20-12-14-5-10-25-13-14/h1-4,6,8,11,14,20H,5,7,9-10,12-13H2,(H,18,22)/t14-/m0/s1. The quantitative estimate of drug-likeness (QED) is 0.701. The highest BCUT2D eigenvalue weighted by Gasteiger charge is 2.21. The molecular formula is C17H22N4O4S. The summed E-state index contributed by atoms with van der Waals surface area (Å²) in [5.74, 6) is -0.128. The summed E-state index contributed by atoms with van der Waals surface area (Å²) in [5, 5.41) is 6.82. The van der Waals surface area contributed by atoms with Gasteiger partial charge in [-0.05, 0) is 36.6 Å². The number of benzene rings is 1. The molecule has 0 saturated carbocycles. The van der Waals surface area contributed by atoms with Crippen molar-refractivity contribution in [1.29, 1.82) is 0 Å². The molecule has 2 N–H and O–H groups in total. The van der Waals surface area contributed by atoms with Gasteiger partial charge in [-0.2, -0.15) is 5.10 Å². The van der Waals surface area contributed by atoms with E-state index in [0.717, 1.165) is 6.42 Å². The number of nitrogens with one attached hydrogen (secondary N) is 2. The SMILES string of the molecule is O=C(NCCn1cccn1)c1cccc(S(=O)(=O)NC[C@@H]2CCOC2)c1. The Morgan fingerprint density at radius 2 is 2.23 bits per heavy atom. The molecule has 140 valence electrons. The zero-order valence-corrected chi connectivity index (χ0v) is 15.1. The van der Waals surface area contributed by atoms with Gasteiger partial charge in [0.05, 0.1) is 18.0 Å². The smallest absolute Gasteiger partial charge is 0.251 e. The number of carbonyl (C=O) groups excluding carboxylic acids is 1. The molecular weight excluding hydrogens is 356 g/mol.